The van der Waals surface area contributed by atoms with E-state index in [0.29, 0.717) is 22.1 Å². The molecule has 1 aliphatic rings. The Kier molecular flexibility index (Phi) is 5.51. The Bertz CT molecular complexity index is 1060. The predicted molar refractivity (Wildman–Crippen MR) is 113 cm³/mol. The molecular formula is C21H21Cl2FN4O. The molecule has 29 heavy (non-hydrogen) atoms. The number of aryl methyl sites for hydroxylation is 1. The summed E-state index contributed by atoms with van der Waals surface area (Å²) in [6.45, 7) is 5.42. The van der Waals surface area contributed by atoms with Gasteiger partial charge in [-0.1, -0.05) is 23.2 Å². The molecule has 0 aliphatic carbocycles. The van der Waals surface area contributed by atoms with E-state index in [2.05, 4.69) is 27.3 Å². The zero-order valence-corrected chi connectivity index (χ0v) is 17.6. The first-order valence-electron chi connectivity index (χ1n) is 9.47. The average Bonchev–Trinajstić information content (AvgIpc) is 3.26. The van der Waals surface area contributed by atoms with Crippen LogP contribution in [0.3, 0.4) is 0 Å². The second-order valence-corrected chi connectivity index (χ2v) is 8.40. The molecule has 2 atom stereocenters. The van der Waals surface area contributed by atoms with E-state index in [1.54, 1.807) is 12.1 Å². The van der Waals surface area contributed by atoms with Gasteiger partial charge >= 0.3 is 0 Å². The van der Waals surface area contributed by atoms with Crippen LogP contribution in [0.1, 0.15) is 41.0 Å². The molecule has 1 fully saturated rings. The summed E-state index contributed by atoms with van der Waals surface area (Å²) >= 11 is 12.2. The van der Waals surface area contributed by atoms with Crippen molar-refractivity contribution in [2.75, 3.05) is 13.1 Å². The maximum Gasteiger partial charge on any atom is 0.254 e. The van der Waals surface area contributed by atoms with Crippen molar-refractivity contribution in [3.05, 3.63) is 63.0 Å². The molecule has 0 spiro atoms. The number of amides is 1. The standard InChI is InChI=1S/C21H21Cl2FN4O/c1-11-17-8-18(19(24)9-20(17)27-26-11)21(29)25-16-3-4-28(10-16)12(2)13-5-14(22)7-15(23)6-13/h5-9,12,16H,3-4,10H2,1-2H3,(H,25,29)(H,26,27)/t12-,16+/m0/s1. The van der Waals surface area contributed by atoms with Crippen LogP contribution in [0.15, 0.2) is 30.3 Å². The van der Waals surface area contributed by atoms with Crippen LogP contribution in [0.2, 0.25) is 10.0 Å². The van der Waals surface area contributed by atoms with Crippen molar-refractivity contribution in [2.45, 2.75) is 32.4 Å². The van der Waals surface area contributed by atoms with Crippen molar-refractivity contribution in [1.82, 2.24) is 20.4 Å². The molecule has 2 heterocycles. The maximum absolute atomic E-state index is 14.4. The number of carbonyl (C=O) groups is 1. The Morgan fingerprint density at radius 3 is 2.72 bits per heavy atom. The molecule has 5 nitrogen and oxygen atoms in total. The summed E-state index contributed by atoms with van der Waals surface area (Å²) in [7, 11) is 0. The molecule has 1 aliphatic heterocycles. The number of nitrogens with zero attached hydrogens (tertiary/aromatic N) is 2. The van der Waals surface area contributed by atoms with Crippen LogP contribution in [0, 0.1) is 12.7 Å². The van der Waals surface area contributed by atoms with Crippen molar-refractivity contribution in [3.8, 4) is 0 Å². The lowest BCUT2D eigenvalue weighted by Crippen LogP contribution is -2.38. The van der Waals surface area contributed by atoms with Gasteiger partial charge in [0.15, 0.2) is 0 Å². The first kappa shape index (κ1) is 20.1. The number of aromatic amines is 1. The van der Waals surface area contributed by atoms with E-state index in [1.807, 2.05) is 19.1 Å². The molecule has 0 saturated carbocycles. The maximum atomic E-state index is 14.4. The molecule has 0 radical (unpaired) electrons. The zero-order valence-electron chi connectivity index (χ0n) is 16.1. The van der Waals surface area contributed by atoms with Gasteiger partial charge in [-0.3, -0.25) is 14.8 Å². The summed E-state index contributed by atoms with van der Waals surface area (Å²) in [5.74, 6) is -0.978. The van der Waals surface area contributed by atoms with Gasteiger partial charge in [-0.2, -0.15) is 5.10 Å². The second kappa shape index (κ2) is 7.94. The first-order valence-corrected chi connectivity index (χ1v) is 10.2. The van der Waals surface area contributed by atoms with Gasteiger partial charge in [0.05, 0.1) is 11.1 Å². The molecule has 152 valence electrons. The minimum atomic E-state index is -0.571. The second-order valence-electron chi connectivity index (χ2n) is 7.53. The summed E-state index contributed by atoms with van der Waals surface area (Å²) in [6.07, 6.45) is 0.791. The van der Waals surface area contributed by atoms with Gasteiger partial charge in [0.1, 0.15) is 5.82 Å². The van der Waals surface area contributed by atoms with E-state index in [1.165, 1.54) is 6.07 Å². The number of hydrogen-bond acceptors (Lipinski definition) is 3. The number of H-pyrrole nitrogens is 1. The Morgan fingerprint density at radius 2 is 2.00 bits per heavy atom. The van der Waals surface area contributed by atoms with Gasteiger partial charge in [0.2, 0.25) is 0 Å². The number of carbonyl (C=O) groups excluding carboxylic acids is 1. The van der Waals surface area contributed by atoms with E-state index >= 15 is 0 Å². The average molecular weight is 435 g/mol. The highest BCUT2D eigenvalue weighted by molar-refractivity contribution is 6.34. The number of hydrogen-bond donors (Lipinski definition) is 2. The Labute approximate surface area is 178 Å². The first-order chi connectivity index (χ1) is 13.8. The quantitative estimate of drug-likeness (QED) is 0.614. The van der Waals surface area contributed by atoms with Crippen LogP contribution in [0.4, 0.5) is 4.39 Å². The van der Waals surface area contributed by atoms with Gasteiger partial charge in [0, 0.05) is 52.4 Å². The van der Waals surface area contributed by atoms with E-state index < -0.39 is 11.7 Å². The van der Waals surface area contributed by atoms with Crippen molar-refractivity contribution >= 4 is 40.0 Å². The highest BCUT2D eigenvalue weighted by atomic mass is 35.5. The minimum Gasteiger partial charge on any atom is -0.348 e. The lowest BCUT2D eigenvalue weighted by molar-refractivity contribution is 0.0932. The van der Waals surface area contributed by atoms with Crippen molar-refractivity contribution < 1.29 is 9.18 Å². The van der Waals surface area contributed by atoms with E-state index in [0.717, 1.165) is 29.6 Å². The van der Waals surface area contributed by atoms with Gasteiger partial charge in [-0.05, 0) is 50.1 Å². The summed E-state index contributed by atoms with van der Waals surface area (Å²) in [6, 6.07) is 8.42. The molecule has 3 aromatic rings. The number of aromatic nitrogens is 2. The monoisotopic (exact) mass is 434 g/mol. The van der Waals surface area contributed by atoms with Crippen LogP contribution >= 0.6 is 23.2 Å². The number of rotatable bonds is 4. The van der Waals surface area contributed by atoms with Crippen LogP contribution in [-0.4, -0.2) is 40.1 Å². The molecule has 2 N–H and O–H groups in total. The Balaban J connectivity index is 1.45. The number of halogens is 3. The number of likely N-dealkylation sites (tertiary alicyclic amines) is 1. The predicted octanol–water partition coefficient (Wildman–Crippen LogP) is 4.88. The molecule has 1 saturated heterocycles. The fourth-order valence-corrected chi connectivity index (χ4v) is 4.42. The van der Waals surface area contributed by atoms with E-state index in [9.17, 15) is 9.18 Å². The topological polar surface area (TPSA) is 61.0 Å². The lowest BCUT2D eigenvalue weighted by atomic mass is 10.1. The zero-order chi connectivity index (χ0) is 20.7. The Morgan fingerprint density at radius 1 is 1.28 bits per heavy atom. The fraction of sp³-hybridized carbons (Fsp3) is 0.333. The van der Waals surface area contributed by atoms with Crippen LogP contribution in [0.5, 0.6) is 0 Å². The van der Waals surface area contributed by atoms with Crippen molar-refractivity contribution in [2.24, 2.45) is 0 Å². The molecule has 0 bridgehead atoms. The molecular weight excluding hydrogens is 414 g/mol. The third kappa shape index (κ3) is 4.10. The molecule has 2 aromatic carbocycles. The highest BCUT2D eigenvalue weighted by Gasteiger charge is 2.29. The third-order valence-electron chi connectivity index (χ3n) is 5.55. The van der Waals surface area contributed by atoms with Crippen molar-refractivity contribution in [1.29, 1.82) is 0 Å². The fourth-order valence-electron chi connectivity index (χ4n) is 3.88. The van der Waals surface area contributed by atoms with E-state index in [-0.39, 0.29) is 17.6 Å². The van der Waals surface area contributed by atoms with Crippen LogP contribution in [0.25, 0.3) is 10.9 Å². The Hall–Kier alpha value is -2.15. The summed E-state index contributed by atoms with van der Waals surface area (Å²) < 4.78 is 14.4. The smallest absolute Gasteiger partial charge is 0.254 e. The summed E-state index contributed by atoms with van der Waals surface area (Å²) in [5.41, 5.74) is 2.38. The number of fused-ring (bicyclic) bond motifs is 1. The molecule has 1 aromatic heterocycles. The molecule has 4 rings (SSSR count). The largest absolute Gasteiger partial charge is 0.348 e. The van der Waals surface area contributed by atoms with Crippen LogP contribution < -0.4 is 5.32 Å². The molecule has 0 unspecified atom stereocenters. The SMILES string of the molecule is Cc1[nH]nc2cc(F)c(C(=O)N[C@@H]3CCN([C@@H](C)c4cc(Cl)cc(Cl)c4)C3)cc12. The molecule has 8 heteroatoms. The number of benzene rings is 2. The van der Waals surface area contributed by atoms with Crippen LogP contribution in [-0.2, 0) is 0 Å². The van der Waals surface area contributed by atoms with Gasteiger partial charge < -0.3 is 5.32 Å². The normalized spacial score (nSPS) is 18.3. The lowest BCUT2D eigenvalue weighted by Gasteiger charge is -2.25. The number of nitrogens with one attached hydrogen (secondary N) is 2. The summed E-state index contributed by atoms with van der Waals surface area (Å²) in [5, 5.41) is 11.8. The minimum absolute atomic E-state index is 0.0371. The van der Waals surface area contributed by atoms with E-state index in [4.69, 9.17) is 23.2 Å². The van der Waals surface area contributed by atoms with Crippen molar-refractivity contribution in [3.63, 3.8) is 0 Å². The van der Waals surface area contributed by atoms with Gasteiger partial charge in [-0.15, -0.1) is 0 Å². The highest BCUT2D eigenvalue weighted by Crippen LogP contribution is 2.29. The molecule has 1 amide bonds. The van der Waals surface area contributed by atoms with Gasteiger partial charge in [0.25, 0.3) is 5.91 Å². The van der Waals surface area contributed by atoms with Gasteiger partial charge in [-0.25, -0.2) is 4.39 Å². The summed E-state index contributed by atoms with van der Waals surface area (Å²) in [4.78, 5) is 15.0. The third-order valence-corrected chi connectivity index (χ3v) is 5.98.